The fraction of sp³-hybridized carbons (Fsp3) is 0. The van der Waals surface area contributed by atoms with E-state index in [0.29, 0.717) is 11.6 Å². The van der Waals surface area contributed by atoms with E-state index in [2.05, 4.69) is 70.6 Å². The van der Waals surface area contributed by atoms with Crippen molar-refractivity contribution in [1.29, 1.82) is 0 Å². The zero-order chi connectivity index (χ0) is 22.2. The van der Waals surface area contributed by atoms with Gasteiger partial charge in [-0.05, 0) is 50.3 Å². The quantitative estimate of drug-likeness (QED) is 0.279. The average molecular weight is 444 g/mol. The van der Waals surface area contributed by atoms with Crippen molar-refractivity contribution in [3.63, 3.8) is 0 Å². The fourth-order valence-corrected chi connectivity index (χ4v) is 4.45. The van der Waals surface area contributed by atoms with Gasteiger partial charge >= 0.3 is 0 Å². The topological polar surface area (TPSA) is 38.7 Å². The molecular weight excluding hydrogens is 426 g/mol. The molecule has 0 N–H and O–H groups in total. The van der Waals surface area contributed by atoms with Gasteiger partial charge in [-0.3, -0.25) is 0 Å². The summed E-state index contributed by atoms with van der Waals surface area (Å²) in [5.74, 6) is 1.12. The van der Waals surface area contributed by atoms with Crippen LogP contribution < -0.4 is 0 Å². The van der Waals surface area contributed by atoms with E-state index in [0.717, 1.165) is 38.4 Å². The molecule has 6 rings (SSSR count). The molecule has 0 fully saturated rings. The first-order valence-corrected chi connectivity index (χ1v) is 11.1. The number of fused-ring (bicyclic) bond motifs is 2. The lowest BCUT2D eigenvalue weighted by Crippen LogP contribution is -1.99. The maximum atomic E-state index is 6.46. The standard InChI is InChI=1S/C29H18ClN3/c30-29-32-27(23-15-14-19-8-4-5-12-22(19)18-23)31-28(33-29)26-24-13-7-6-11-21(24)16-17-25(26)20-9-2-1-3-10-20/h1-18H. The summed E-state index contributed by atoms with van der Waals surface area (Å²) in [6.45, 7) is 0. The van der Waals surface area contributed by atoms with Crippen LogP contribution in [0.25, 0.3) is 55.4 Å². The molecule has 156 valence electrons. The zero-order valence-electron chi connectivity index (χ0n) is 17.6. The molecule has 6 aromatic rings. The lowest BCUT2D eigenvalue weighted by molar-refractivity contribution is 1.07. The van der Waals surface area contributed by atoms with Crippen LogP contribution in [0.4, 0.5) is 0 Å². The van der Waals surface area contributed by atoms with Gasteiger partial charge in [0, 0.05) is 11.1 Å². The molecule has 4 heteroatoms. The first kappa shape index (κ1) is 19.6. The van der Waals surface area contributed by atoms with Crippen LogP contribution in [-0.2, 0) is 0 Å². The predicted octanol–water partition coefficient (Wildman–Crippen LogP) is 7.83. The molecule has 0 bridgehead atoms. The highest BCUT2D eigenvalue weighted by Crippen LogP contribution is 2.37. The molecule has 0 atom stereocenters. The Kier molecular flexibility index (Phi) is 4.82. The Morgan fingerprint density at radius 1 is 0.485 bits per heavy atom. The molecule has 0 amide bonds. The van der Waals surface area contributed by atoms with Crippen LogP contribution in [0.2, 0.25) is 5.28 Å². The smallest absolute Gasteiger partial charge is 0.208 e. The van der Waals surface area contributed by atoms with Crippen LogP contribution in [0.5, 0.6) is 0 Å². The van der Waals surface area contributed by atoms with E-state index in [4.69, 9.17) is 16.6 Å². The van der Waals surface area contributed by atoms with Crippen LogP contribution >= 0.6 is 11.6 Å². The summed E-state index contributed by atoms with van der Waals surface area (Å²) in [6.07, 6.45) is 0. The van der Waals surface area contributed by atoms with Crippen LogP contribution in [0.15, 0.2) is 109 Å². The number of rotatable bonds is 3. The minimum absolute atomic E-state index is 0.176. The van der Waals surface area contributed by atoms with E-state index in [-0.39, 0.29) is 5.28 Å². The summed E-state index contributed by atoms with van der Waals surface area (Å²) in [7, 11) is 0. The Balaban J connectivity index is 1.61. The lowest BCUT2D eigenvalue weighted by atomic mass is 9.93. The van der Waals surface area contributed by atoms with Crippen LogP contribution in [0.1, 0.15) is 0 Å². The summed E-state index contributed by atoms with van der Waals surface area (Å²) in [5.41, 5.74) is 4.01. The summed E-state index contributed by atoms with van der Waals surface area (Å²) >= 11 is 6.46. The largest absolute Gasteiger partial charge is 0.226 e. The predicted molar refractivity (Wildman–Crippen MR) is 136 cm³/mol. The third-order valence-corrected chi connectivity index (χ3v) is 6.02. The number of hydrogen-bond acceptors (Lipinski definition) is 3. The molecule has 0 saturated carbocycles. The molecule has 33 heavy (non-hydrogen) atoms. The second kappa shape index (κ2) is 8.12. The second-order valence-corrected chi connectivity index (χ2v) is 8.23. The van der Waals surface area contributed by atoms with Crippen molar-refractivity contribution >= 4 is 33.1 Å². The van der Waals surface area contributed by atoms with Gasteiger partial charge in [0.2, 0.25) is 5.28 Å². The molecule has 0 unspecified atom stereocenters. The third kappa shape index (κ3) is 3.63. The van der Waals surface area contributed by atoms with Gasteiger partial charge in [0.05, 0.1) is 0 Å². The van der Waals surface area contributed by atoms with Gasteiger partial charge in [-0.15, -0.1) is 0 Å². The minimum Gasteiger partial charge on any atom is -0.208 e. The van der Waals surface area contributed by atoms with Gasteiger partial charge in [-0.1, -0.05) is 103 Å². The molecule has 0 aliphatic carbocycles. The first-order valence-electron chi connectivity index (χ1n) is 10.7. The highest BCUT2D eigenvalue weighted by molar-refractivity contribution is 6.28. The first-order chi connectivity index (χ1) is 16.3. The second-order valence-electron chi connectivity index (χ2n) is 7.89. The summed E-state index contributed by atoms with van der Waals surface area (Å²) in [6, 6.07) is 37.2. The summed E-state index contributed by atoms with van der Waals surface area (Å²) in [4.78, 5) is 13.9. The lowest BCUT2D eigenvalue weighted by Gasteiger charge is -2.14. The number of aromatic nitrogens is 3. The van der Waals surface area contributed by atoms with E-state index in [9.17, 15) is 0 Å². The molecule has 5 aromatic carbocycles. The van der Waals surface area contributed by atoms with Crippen molar-refractivity contribution in [3.8, 4) is 33.9 Å². The zero-order valence-corrected chi connectivity index (χ0v) is 18.4. The van der Waals surface area contributed by atoms with Crippen molar-refractivity contribution in [2.24, 2.45) is 0 Å². The van der Waals surface area contributed by atoms with Crippen molar-refractivity contribution in [1.82, 2.24) is 15.0 Å². The van der Waals surface area contributed by atoms with E-state index in [1.807, 2.05) is 48.5 Å². The van der Waals surface area contributed by atoms with Crippen molar-refractivity contribution in [2.45, 2.75) is 0 Å². The van der Waals surface area contributed by atoms with Crippen LogP contribution in [-0.4, -0.2) is 15.0 Å². The molecule has 3 nitrogen and oxygen atoms in total. The summed E-state index contributed by atoms with van der Waals surface area (Å²) in [5, 5.41) is 4.67. The Labute approximate surface area is 196 Å². The van der Waals surface area contributed by atoms with Gasteiger partial charge in [-0.2, -0.15) is 9.97 Å². The van der Waals surface area contributed by atoms with E-state index in [1.54, 1.807) is 0 Å². The Bertz CT molecular complexity index is 1630. The third-order valence-electron chi connectivity index (χ3n) is 5.85. The highest BCUT2D eigenvalue weighted by atomic mass is 35.5. The Morgan fingerprint density at radius 3 is 2.00 bits per heavy atom. The maximum absolute atomic E-state index is 6.46. The number of benzene rings is 5. The number of nitrogens with zero attached hydrogens (tertiary/aromatic N) is 3. The molecule has 0 aliphatic rings. The molecule has 0 spiro atoms. The van der Waals surface area contributed by atoms with Crippen LogP contribution in [0.3, 0.4) is 0 Å². The highest BCUT2D eigenvalue weighted by Gasteiger charge is 2.17. The van der Waals surface area contributed by atoms with Crippen LogP contribution in [0, 0.1) is 0 Å². The van der Waals surface area contributed by atoms with E-state index in [1.165, 1.54) is 5.39 Å². The normalized spacial score (nSPS) is 11.2. The molecular formula is C29H18ClN3. The maximum Gasteiger partial charge on any atom is 0.226 e. The minimum atomic E-state index is 0.176. The molecule has 0 radical (unpaired) electrons. The fourth-order valence-electron chi connectivity index (χ4n) is 4.29. The molecule has 0 saturated heterocycles. The molecule has 1 aromatic heterocycles. The number of hydrogen-bond donors (Lipinski definition) is 0. The van der Waals surface area contributed by atoms with E-state index < -0.39 is 0 Å². The molecule has 0 aliphatic heterocycles. The van der Waals surface area contributed by atoms with Gasteiger partial charge in [0.15, 0.2) is 11.6 Å². The monoisotopic (exact) mass is 443 g/mol. The van der Waals surface area contributed by atoms with E-state index >= 15 is 0 Å². The van der Waals surface area contributed by atoms with Crippen molar-refractivity contribution < 1.29 is 0 Å². The van der Waals surface area contributed by atoms with Crippen molar-refractivity contribution in [2.75, 3.05) is 0 Å². The Hall–Kier alpha value is -4.08. The Morgan fingerprint density at radius 2 is 1.15 bits per heavy atom. The average Bonchev–Trinajstić information content (AvgIpc) is 2.88. The molecule has 1 heterocycles. The van der Waals surface area contributed by atoms with Crippen molar-refractivity contribution in [3.05, 3.63) is 114 Å². The van der Waals surface area contributed by atoms with Gasteiger partial charge in [0.1, 0.15) is 0 Å². The van der Waals surface area contributed by atoms with Gasteiger partial charge in [-0.25, -0.2) is 4.98 Å². The SMILES string of the molecule is Clc1nc(-c2ccc3ccccc3c2)nc(-c2c(-c3ccccc3)ccc3ccccc23)n1. The number of halogens is 1. The van der Waals surface area contributed by atoms with Gasteiger partial charge in [0.25, 0.3) is 0 Å². The summed E-state index contributed by atoms with van der Waals surface area (Å²) < 4.78 is 0. The van der Waals surface area contributed by atoms with Gasteiger partial charge < -0.3 is 0 Å².